The van der Waals surface area contributed by atoms with Crippen molar-refractivity contribution in [2.45, 2.75) is 19.0 Å². The van der Waals surface area contributed by atoms with Crippen molar-refractivity contribution in [3.8, 4) is 0 Å². The molecular formula is C18H18Cl2N2O. The number of rotatable bonds is 4. The minimum atomic E-state index is -0.163. The fourth-order valence-electron chi connectivity index (χ4n) is 2.88. The fourth-order valence-corrected chi connectivity index (χ4v) is 3.26. The summed E-state index contributed by atoms with van der Waals surface area (Å²) in [6.45, 7) is 2.73. The normalized spacial score (nSPS) is 18.1. The smallest absolute Gasteiger partial charge is 0.253 e. The van der Waals surface area contributed by atoms with Crippen LogP contribution in [-0.4, -0.2) is 29.9 Å². The molecule has 1 heterocycles. The molecule has 3 rings (SSSR count). The lowest BCUT2D eigenvalue weighted by Gasteiger charge is -2.17. The molecule has 0 bridgehead atoms. The quantitative estimate of drug-likeness (QED) is 0.905. The predicted molar refractivity (Wildman–Crippen MR) is 94.1 cm³/mol. The number of halogens is 2. The Morgan fingerprint density at radius 3 is 2.70 bits per heavy atom. The number of benzene rings is 2. The van der Waals surface area contributed by atoms with Crippen molar-refractivity contribution in [1.29, 1.82) is 0 Å². The molecule has 1 fully saturated rings. The molecule has 23 heavy (non-hydrogen) atoms. The van der Waals surface area contributed by atoms with Gasteiger partial charge in [-0.2, -0.15) is 0 Å². The Hall–Kier alpha value is -1.55. The molecule has 0 aliphatic carbocycles. The van der Waals surface area contributed by atoms with Crippen LogP contribution in [0.1, 0.15) is 22.3 Å². The van der Waals surface area contributed by atoms with Crippen molar-refractivity contribution >= 4 is 29.1 Å². The highest BCUT2D eigenvalue weighted by molar-refractivity contribution is 6.43. The third-order valence-electron chi connectivity index (χ3n) is 4.05. The number of amides is 1. The van der Waals surface area contributed by atoms with Gasteiger partial charge in [0, 0.05) is 25.7 Å². The number of carbonyl (C=O) groups excluding carboxylic acids is 1. The maximum Gasteiger partial charge on any atom is 0.253 e. The average molecular weight is 349 g/mol. The summed E-state index contributed by atoms with van der Waals surface area (Å²) in [6, 6.07) is 15.6. The molecule has 1 atom stereocenters. The van der Waals surface area contributed by atoms with Crippen molar-refractivity contribution < 1.29 is 4.79 Å². The van der Waals surface area contributed by atoms with E-state index in [1.165, 1.54) is 5.56 Å². The Morgan fingerprint density at radius 1 is 1.13 bits per heavy atom. The van der Waals surface area contributed by atoms with Gasteiger partial charge >= 0.3 is 0 Å². The Kier molecular flexibility index (Phi) is 5.21. The fraction of sp³-hybridized carbons (Fsp3) is 0.278. The van der Waals surface area contributed by atoms with E-state index in [4.69, 9.17) is 23.2 Å². The van der Waals surface area contributed by atoms with Gasteiger partial charge in [-0.1, -0.05) is 59.6 Å². The number of hydrogen-bond donors (Lipinski definition) is 1. The highest BCUT2D eigenvalue weighted by Crippen LogP contribution is 2.25. The first-order valence-corrected chi connectivity index (χ1v) is 8.40. The second-order valence-corrected chi connectivity index (χ2v) is 6.57. The molecule has 2 aromatic rings. The summed E-state index contributed by atoms with van der Waals surface area (Å²) in [6.07, 6.45) is 0.941. The SMILES string of the molecule is O=C(NC1CCN(Cc2ccccc2)C1)c1cccc(Cl)c1Cl. The Bertz CT molecular complexity index is 691. The lowest BCUT2D eigenvalue weighted by atomic mass is 10.2. The topological polar surface area (TPSA) is 32.3 Å². The number of hydrogen-bond acceptors (Lipinski definition) is 2. The van der Waals surface area contributed by atoms with E-state index in [1.807, 2.05) is 18.2 Å². The van der Waals surface area contributed by atoms with Gasteiger partial charge in [-0.25, -0.2) is 0 Å². The first-order valence-electron chi connectivity index (χ1n) is 7.64. The Labute approximate surface area is 146 Å². The molecule has 120 valence electrons. The van der Waals surface area contributed by atoms with Crippen LogP contribution in [0.3, 0.4) is 0 Å². The van der Waals surface area contributed by atoms with Crippen molar-refractivity contribution in [2.24, 2.45) is 0 Å². The standard InChI is InChI=1S/C18H18Cl2N2O/c19-16-8-4-7-15(17(16)20)18(23)21-14-9-10-22(12-14)11-13-5-2-1-3-6-13/h1-8,14H,9-12H2,(H,21,23). The van der Waals surface area contributed by atoms with E-state index < -0.39 is 0 Å². The molecule has 1 saturated heterocycles. The molecule has 0 aromatic heterocycles. The molecule has 2 aromatic carbocycles. The van der Waals surface area contributed by atoms with Crippen molar-refractivity contribution in [3.63, 3.8) is 0 Å². The van der Waals surface area contributed by atoms with Crippen LogP contribution in [0.5, 0.6) is 0 Å². The Morgan fingerprint density at radius 2 is 1.91 bits per heavy atom. The summed E-state index contributed by atoms with van der Waals surface area (Å²) < 4.78 is 0. The van der Waals surface area contributed by atoms with E-state index in [9.17, 15) is 4.79 Å². The minimum absolute atomic E-state index is 0.140. The number of likely N-dealkylation sites (tertiary alicyclic amines) is 1. The van der Waals surface area contributed by atoms with Crippen LogP contribution in [-0.2, 0) is 6.54 Å². The largest absolute Gasteiger partial charge is 0.348 e. The maximum atomic E-state index is 12.4. The molecule has 0 spiro atoms. The summed E-state index contributed by atoms with van der Waals surface area (Å²) in [5, 5.41) is 3.77. The van der Waals surface area contributed by atoms with E-state index in [2.05, 4.69) is 22.3 Å². The van der Waals surface area contributed by atoms with Gasteiger partial charge in [-0.3, -0.25) is 9.69 Å². The summed E-state index contributed by atoms with van der Waals surface area (Å²) in [5.41, 5.74) is 1.72. The van der Waals surface area contributed by atoms with Gasteiger partial charge < -0.3 is 5.32 Å². The molecule has 0 radical (unpaired) electrons. The minimum Gasteiger partial charge on any atom is -0.348 e. The summed E-state index contributed by atoms with van der Waals surface area (Å²) in [7, 11) is 0. The molecule has 1 aliphatic heterocycles. The van der Waals surface area contributed by atoms with Gasteiger partial charge in [-0.15, -0.1) is 0 Å². The van der Waals surface area contributed by atoms with Crippen LogP contribution in [0.15, 0.2) is 48.5 Å². The van der Waals surface area contributed by atoms with Gasteiger partial charge in [0.25, 0.3) is 5.91 Å². The van der Waals surface area contributed by atoms with Gasteiger partial charge in [-0.05, 0) is 24.1 Å². The lowest BCUT2D eigenvalue weighted by Crippen LogP contribution is -2.37. The molecular weight excluding hydrogens is 331 g/mol. The first kappa shape index (κ1) is 16.3. The van der Waals surface area contributed by atoms with E-state index in [-0.39, 0.29) is 11.9 Å². The van der Waals surface area contributed by atoms with E-state index in [1.54, 1.807) is 18.2 Å². The second kappa shape index (κ2) is 7.35. The third-order valence-corrected chi connectivity index (χ3v) is 4.87. The van der Waals surface area contributed by atoms with Gasteiger partial charge in [0.1, 0.15) is 0 Å². The predicted octanol–water partition coefficient (Wildman–Crippen LogP) is 4.00. The third kappa shape index (κ3) is 4.05. The van der Waals surface area contributed by atoms with Gasteiger partial charge in [0.05, 0.1) is 15.6 Å². The molecule has 0 saturated carbocycles. The van der Waals surface area contributed by atoms with Gasteiger partial charge in [0.15, 0.2) is 0 Å². The molecule has 1 unspecified atom stereocenters. The lowest BCUT2D eigenvalue weighted by molar-refractivity contribution is 0.0938. The average Bonchev–Trinajstić information content (AvgIpc) is 2.98. The number of nitrogens with one attached hydrogen (secondary N) is 1. The molecule has 5 heteroatoms. The van der Waals surface area contributed by atoms with E-state index >= 15 is 0 Å². The van der Waals surface area contributed by atoms with Crippen LogP contribution < -0.4 is 5.32 Å². The van der Waals surface area contributed by atoms with Crippen LogP contribution in [0, 0.1) is 0 Å². The molecule has 1 N–H and O–H groups in total. The zero-order valence-corrected chi connectivity index (χ0v) is 14.1. The maximum absolute atomic E-state index is 12.4. The Balaban J connectivity index is 1.57. The molecule has 1 aliphatic rings. The number of nitrogens with zero attached hydrogens (tertiary/aromatic N) is 1. The van der Waals surface area contributed by atoms with Crippen LogP contribution in [0.25, 0.3) is 0 Å². The van der Waals surface area contributed by atoms with E-state index in [0.717, 1.165) is 26.1 Å². The summed E-state index contributed by atoms with van der Waals surface area (Å²) >= 11 is 12.1. The van der Waals surface area contributed by atoms with Crippen molar-refractivity contribution in [1.82, 2.24) is 10.2 Å². The van der Waals surface area contributed by atoms with Crippen LogP contribution >= 0.6 is 23.2 Å². The molecule has 3 nitrogen and oxygen atoms in total. The molecule has 1 amide bonds. The van der Waals surface area contributed by atoms with Crippen molar-refractivity contribution in [2.75, 3.05) is 13.1 Å². The first-order chi connectivity index (χ1) is 11.1. The van der Waals surface area contributed by atoms with Crippen LogP contribution in [0.2, 0.25) is 10.0 Å². The second-order valence-electron chi connectivity index (χ2n) is 5.78. The van der Waals surface area contributed by atoms with Crippen LogP contribution in [0.4, 0.5) is 0 Å². The zero-order chi connectivity index (χ0) is 16.2. The van der Waals surface area contributed by atoms with Crippen molar-refractivity contribution in [3.05, 3.63) is 69.7 Å². The van der Waals surface area contributed by atoms with Gasteiger partial charge in [0.2, 0.25) is 0 Å². The monoisotopic (exact) mass is 348 g/mol. The number of carbonyl (C=O) groups is 1. The highest BCUT2D eigenvalue weighted by atomic mass is 35.5. The summed E-state index contributed by atoms with van der Waals surface area (Å²) in [5.74, 6) is -0.163. The zero-order valence-electron chi connectivity index (χ0n) is 12.6. The van der Waals surface area contributed by atoms with E-state index in [0.29, 0.717) is 15.6 Å². The highest BCUT2D eigenvalue weighted by Gasteiger charge is 2.25. The summed E-state index contributed by atoms with van der Waals surface area (Å²) in [4.78, 5) is 14.7.